The Bertz CT molecular complexity index is 974. The summed E-state index contributed by atoms with van der Waals surface area (Å²) in [6.07, 6.45) is 4.78. The largest absolute Gasteiger partial charge is 0.463 e. The SMILES string of the molecule is Cc1noc2nc(-c3ccco3)cc(C(=O)NC34CCC(CNC3)C4)c12. The highest BCUT2D eigenvalue weighted by Gasteiger charge is 2.43. The molecular weight excluding hydrogens is 332 g/mol. The summed E-state index contributed by atoms with van der Waals surface area (Å²) in [5.41, 5.74) is 1.94. The molecule has 7 nitrogen and oxygen atoms in total. The van der Waals surface area contributed by atoms with Crippen LogP contribution in [0.25, 0.3) is 22.6 Å². The highest BCUT2D eigenvalue weighted by molar-refractivity contribution is 6.07. The van der Waals surface area contributed by atoms with E-state index in [4.69, 9.17) is 8.94 Å². The van der Waals surface area contributed by atoms with Gasteiger partial charge in [0.2, 0.25) is 0 Å². The van der Waals surface area contributed by atoms with E-state index in [2.05, 4.69) is 20.8 Å². The summed E-state index contributed by atoms with van der Waals surface area (Å²) >= 11 is 0. The van der Waals surface area contributed by atoms with E-state index in [1.165, 1.54) is 0 Å². The number of carbonyl (C=O) groups excluding carboxylic acids is 1. The average molecular weight is 352 g/mol. The van der Waals surface area contributed by atoms with E-state index in [0.29, 0.717) is 39.7 Å². The first-order chi connectivity index (χ1) is 12.6. The number of aryl methyl sites for hydroxylation is 1. The van der Waals surface area contributed by atoms with Crippen LogP contribution < -0.4 is 10.6 Å². The van der Waals surface area contributed by atoms with E-state index >= 15 is 0 Å². The summed E-state index contributed by atoms with van der Waals surface area (Å²) in [7, 11) is 0. The van der Waals surface area contributed by atoms with Crippen LogP contribution in [0.15, 0.2) is 33.4 Å². The summed E-state index contributed by atoms with van der Waals surface area (Å²) in [6.45, 7) is 3.69. The van der Waals surface area contributed by atoms with Gasteiger partial charge in [-0.25, -0.2) is 4.98 Å². The molecule has 2 fully saturated rings. The summed E-state index contributed by atoms with van der Waals surface area (Å²) in [4.78, 5) is 17.7. The Kier molecular flexibility index (Phi) is 3.40. The maximum absolute atomic E-state index is 13.2. The Labute approximate surface area is 150 Å². The molecule has 7 heteroatoms. The third-order valence-corrected chi connectivity index (χ3v) is 5.62. The van der Waals surface area contributed by atoms with Crippen molar-refractivity contribution in [3.8, 4) is 11.5 Å². The second-order valence-electron chi connectivity index (χ2n) is 7.45. The highest BCUT2D eigenvalue weighted by atomic mass is 16.5. The van der Waals surface area contributed by atoms with Gasteiger partial charge in [0, 0.05) is 6.54 Å². The zero-order valence-electron chi connectivity index (χ0n) is 14.5. The van der Waals surface area contributed by atoms with Gasteiger partial charge in [-0.15, -0.1) is 0 Å². The van der Waals surface area contributed by atoms with Gasteiger partial charge < -0.3 is 19.6 Å². The number of rotatable bonds is 3. The van der Waals surface area contributed by atoms with Gasteiger partial charge in [0.05, 0.1) is 28.4 Å². The normalized spacial score (nSPS) is 24.9. The lowest BCUT2D eigenvalue weighted by Gasteiger charge is -2.34. The van der Waals surface area contributed by atoms with Gasteiger partial charge in [0.15, 0.2) is 5.76 Å². The van der Waals surface area contributed by atoms with Crippen molar-refractivity contribution in [2.45, 2.75) is 31.7 Å². The fourth-order valence-corrected chi connectivity index (χ4v) is 4.38. The number of hydrogen-bond acceptors (Lipinski definition) is 6. The monoisotopic (exact) mass is 352 g/mol. The Balaban J connectivity index is 1.56. The molecule has 1 aliphatic carbocycles. The first kappa shape index (κ1) is 15.6. The molecule has 4 heterocycles. The molecule has 1 aliphatic heterocycles. The van der Waals surface area contributed by atoms with Crippen molar-refractivity contribution in [1.29, 1.82) is 0 Å². The predicted octanol–water partition coefficient (Wildman–Crippen LogP) is 2.66. The van der Waals surface area contributed by atoms with Gasteiger partial charge in [-0.2, -0.15) is 0 Å². The van der Waals surface area contributed by atoms with Crippen molar-refractivity contribution in [2.75, 3.05) is 13.1 Å². The van der Waals surface area contributed by atoms with Gasteiger partial charge in [-0.05, 0) is 56.8 Å². The number of furan rings is 1. The number of hydrogen-bond donors (Lipinski definition) is 2. The first-order valence-corrected chi connectivity index (χ1v) is 8.98. The zero-order chi connectivity index (χ0) is 17.7. The molecule has 5 rings (SSSR count). The lowest BCUT2D eigenvalue weighted by Crippen LogP contribution is -2.56. The van der Waals surface area contributed by atoms with Crippen LogP contribution in [-0.2, 0) is 0 Å². The van der Waals surface area contributed by atoms with Crippen LogP contribution in [0.1, 0.15) is 35.3 Å². The minimum Gasteiger partial charge on any atom is -0.463 e. The Hall–Kier alpha value is -2.67. The molecule has 3 aromatic heterocycles. The topological polar surface area (TPSA) is 93.2 Å². The molecule has 26 heavy (non-hydrogen) atoms. The predicted molar refractivity (Wildman–Crippen MR) is 94.7 cm³/mol. The van der Waals surface area contributed by atoms with E-state index in [1.54, 1.807) is 18.4 Å². The van der Waals surface area contributed by atoms with Crippen LogP contribution in [0.4, 0.5) is 0 Å². The standard InChI is InChI=1S/C19H20N4O3/c1-11-16-13(17(24)22-19-5-4-12(8-19)9-20-10-19)7-14(15-3-2-6-25-15)21-18(16)26-23-11/h2-3,6-7,12,20H,4-5,8-10H2,1H3,(H,22,24). The van der Waals surface area contributed by atoms with Gasteiger partial charge in [0.25, 0.3) is 11.6 Å². The third kappa shape index (κ3) is 2.42. The van der Waals surface area contributed by atoms with Gasteiger partial charge in [0.1, 0.15) is 5.69 Å². The molecule has 134 valence electrons. The van der Waals surface area contributed by atoms with Crippen molar-refractivity contribution in [1.82, 2.24) is 20.8 Å². The molecule has 2 atom stereocenters. The van der Waals surface area contributed by atoms with Crippen LogP contribution >= 0.6 is 0 Å². The number of aromatic nitrogens is 2. The number of amides is 1. The highest BCUT2D eigenvalue weighted by Crippen LogP contribution is 2.37. The average Bonchev–Trinajstić information content (AvgIpc) is 3.35. The number of nitrogens with one attached hydrogen (secondary N) is 2. The van der Waals surface area contributed by atoms with Crippen molar-refractivity contribution in [3.63, 3.8) is 0 Å². The Morgan fingerprint density at radius 1 is 1.46 bits per heavy atom. The van der Waals surface area contributed by atoms with Crippen molar-refractivity contribution >= 4 is 17.0 Å². The van der Waals surface area contributed by atoms with Crippen LogP contribution in [-0.4, -0.2) is 34.7 Å². The number of pyridine rings is 1. The maximum Gasteiger partial charge on any atom is 0.259 e. The van der Waals surface area contributed by atoms with Crippen LogP contribution in [0, 0.1) is 12.8 Å². The Morgan fingerprint density at radius 3 is 3.23 bits per heavy atom. The second-order valence-corrected chi connectivity index (χ2v) is 7.45. The van der Waals surface area contributed by atoms with Gasteiger partial charge in [-0.3, -0.25) is 4.79 Å². The third-order valence-electron chi connectivity index (χ3n) is 5.62. The Morgan fingerprint density at radius 2 is 2.38 bits per heavy atom. The molecule has 1 saturated heterocycles. The van der Waals surface area contributed by atoms with Crippen molar-refractivity contribution in [3.05, 3.63) is 35.7 Å². The number of fused-ring (bicyclic) bond motifs is 3. The lowest BCUT2D eigenvalue weighted by molar-refractivity contribution is 0.0890. The van der Waals surface area contributed by atoms with Crippen molar-refractivity contribution < 1.29 is 13.7 Å². The minimum absolute atomic E-state index is 0.110. The van der Waals surface area contributed by atoms with E-state index in [1.807, 2.05) is 13.0 Å². The molecule has 2 aliphatic rings. The second kappa shape index (κ2) is 5.67. The summed E-state index contributed by atoms with van der Waals surface area (Å²) < 4.78 is 10.8. The fourth-order valence-electron chi connectivity index (χ4n) is 4.38. The van der Waals surface area contributed by atoms with Gasteiger partial charge in [-0.1, -0.05) is 5.16 Å². The molecule has 2 N–H and O–H groups in total. The van der Waals surface area contributed by atoms with Crippen LogP contribution in [0.2, 0.25) is 0 Å². The molecule has 0 radical (unpaired) electrons. The first-order valence-electron chi connectivity index (χ1n) is 8.98. The number of nitrogens with zero attached hydrogens (tertiary/aromatic N) is 2. The van der Waals surface area contributed by atoms with E-state index < -0.39 is 0 Å². The number of piperidine rings is 1. The zero-order valence-corrected chi connectivity index (χ0v) is 14.5. The van der Waals surface area contributed by atoms with Crippen molar-refractivity contribution in [2.24, 2.45) is 5.92 Å². The lowest BCUT2D eigenvalue weighted by atomic mass is 9.91. The van der Waals surface area contributed by atoms with Crippen LogP contribution in [0.3, 0.4) is 0 Å². The summed E-state index contributed by atoms with van der Waals surface area (Å²) in [6, 6.07) is 5.36. The van der Waals surface area contributed by atoms with Gasteiger partial charge >= 0.3 is 0 Å². The molecule has 1 amide bonds. The molecule has 2 bridgehead atoms. The molecule has 3 aromatic rings. The maximum atomic E-state index is 13.2. The summed E-state index contributed by atoms with van der Waals surface area (Å²) in [5, 5.41) is 11.4. The molecule has 1 saturated carbocycles. The van der Waals surface area contributed by atoms with E-state index in [0.717, 1.165) is 32.4 Å². The van der Waals surface area contributed by atoms with E-state index in [-0.39, 0.29) is 11.4 Å². The smallest absolute Gasteiger partial charge is 0.259 e. The minimum atomic E-state index is -0.161. The molecule has 2 unspecified atom stereocenters. The molecule has 0 aromatic carbocycles. The number of carbonyl (C=O) groups is 1. The van der Waals surface area contributed by atoms with Crippen LogP contribution in [0.5, 0.6) is 0 Å². The van der Waals surface area contributed by atoms with E-state index in [9.17, 15) is 4.79 Å². The quantitative estimate of drug-likeness (QED) is 0.753. The molecular formula is C19H20N4O3. The molecule has 0 spiro atoms. The summed E-state index contributed by atoms with van der Waals surface area (Å²) in [5.74, 6) is 1.13. The fraction of sp³-hybridized carbons (Fsp3) is 0.421.